The Morgan fingerprint density at radius 1 is 1.25 bits per heavy atom. The summed E-state index contributed by atoms with van der Waals surface area (Å²) >= 11 is 15.3. The number of rotatable bonds is 4. The molecule has 0 aliphatic heterocycles. The zero-order valence-corrected chi connectivity index (χ0v) is 13.9. The molecule has 2 aromatic rings. The monoisotopic (exact) mass is 373 g/mol. The highest BCUT2D eigenvalue weighted by molar-refractivity contribution is 9.10. The van der Waals surface area contributed by atoms with Crippen LogP contribution in [-0.4, -0.2) is 10.6 Å². The lowest BCUT2D eigenvalue weighted by Crippen LogP contribution is -2.46. The molecule has 1 aromatic carbocycles. The molecule has 1 atom stereocenters. The highest BCUT2D eigenvalue weighted by Crippen LogP contribution is 2.24. The van der Waals surface area contributed by atoms with Crippen molar-refractivity contribution in [3.63, 3.8) is 0 Å². The molecule has 1 heterocycles. The SMILES string of the molecule is CC(N)(Cc1ccc(Cl)c(Cl)c1)Nc1ccc(Br)cn1. The van der Waals surface area contributed by atoms with Crippen LogP contribution in [0.25, 0.3) is 0 Å². The van der Waals surface area contributed by atoms with Gasteiger partial charge in [0.1, 0.15) is 5.82 Å². The number of anilines is 1. The van der Waals surface area contributed by atoms with Gasteiger partial charge >= 0.3 is 0 Å². The molecule has 0 saturated carbocycles. The van der Waals surface area contributed by atoms with Crippen LogP contribution in [0.5, 0.6) is 0 Å². The van der Waals surface area contributed by atoms with Crippen LogP contribution < -0.4 is 11.1 Å². The summed E-state index contributed by atoms with van der Waals surface area (Å²) in [5.74, 6) is 0.721. The van der Waals surface area contributed by atoms with Crippen molar-refractivity contribution in [3.8, 4) is 0 Å². The van der Waals surface area contributed by atoms with E-state index in [1.54, 1.807) is 12.3 Å². The van der Waals surface area contributed by atoms with Crippen molar-refractivity contribution in [1.82, 2.24) is 4.98 Å². The molecule has 0 spiro atoms. The minimum Gasteiger partial charge on any atom is -0.352 e. The van der Waals surface area contributed by atoms with E-state index in [0.29, 0.717) is 16.5 Å². The van der Waals surface area contributed by atoms with Crippen molar-refractivity contribution in [2.75, 3.05) is 5.32 Å². The maximum atomic E-state index is 6.27. The molecule has 3 nitrogen and oxygen atoms in total. The zero-order valence-electron chi connectivity index (χ0n) is 10.8. The Hall–Kier alpha value is -0.810. The van der Waals surface area contributed by atoms with Gasteiger partial charge in [-0.1, -0.05) is 29.3 Å². The van der Waals surface area contributed by atoms with Crippen LogP contribution in [-0.2, 0) is 6.42 Å². The van der Waals surface area contributed by atoms with Gasteiger partial charge in [-0.3, -0.25) is 0 Å². The number of hydrogen-bond acceptors (Lipinski definition) is 3. The number of benzene rings is 1. The van der Waals surface area contributed by atoms with E-state index in [2.05, 4.69) is 26.2 Å². The van der Waals surface area contributed by atoms with Crippen LogP contribution in [0.15, 0.2) is 41.0 Å². The van der Waals surface area contributed by atoms with Gasteiger partial charge in [-0.05, 0) is 52.7 Å². The molecule has 1 unspecified atom stereocenters. The number of halogens is 3. The lowest BCUT2D eigenvalue weighted by Gasteiger charge is -2.27. The Balaban J connectivity index is 2.09. The topological polar surface area (TPSA) is 50.9 Å². The van der Waals surface area contributed by atoms with Crippen molar-refractivity contribution in [2.24, 2.45) is 5.73 Å². The summed E-state index contributed by atoms with van der Waals surface area (Å²) in [7, 11) is 0. The Morgan fingerprint density at radius 3 is 2.60 bits per heavy atom. The zero-order chi connectivity index (χ0) is 14.8. The largest absolute Gasteiger partial charge is 0.352 e. The molecule has 0 saturated heterocycles. The van der Waals surface area contributed by atoms with Crippen molar-refractivity contribution in [2.45, 2.75) is 19.0 Å². The molecule has 106 valence electrons. The van der Waals surface area contributed by atoms with Gasteiger partial charge in [0.2, 0.25) is 0 Å². The van der Waals surface area contributed by atoms with Crippen LogP contribution >= 0.6 is 39.1 Å². The number of aromatic nitrogens is 1. The normalized spacial score (nSPS) is 13.8. The van der Waals surface area contributed by atoms with Crippen LogP contribution in [0.4, 0.5) is 5.82 Å². The van der Waals surface area contributed by atoms with E-state index < -0.39 is 5.66 Å². The molecule has 0 radical (unpaired) electrons. The lowest BCUT2D eigenvalue weighted by atomic mass is 10.0. The van der Waals surface area contributed by atoms with Gasteiger partial charge in [0, 0.05) is 17.1 Å². The fourth-order valence-corrected chi connectivity index (χ4v) is 2.42. The van der Waals surface area contributed by atoms with E-state index in [0.717, 1.165) is 15.9 Å². The molecular formula is C14H14BrCl2N3. The molecule has 0 fully saturated rings. The van der Waals surface area contributed by atoms with Crippen molar-refractivity contribution >= 4 is 44.9 Å². The Bertz CT molecular complexity index is 600. The average Bonchev–Trinajstić information content (AvgIpc) is 2.36. The Kier molecular flexibility index (Phi) is 4.91. The molecule has 3 N–H and O–H groups in total. The minimum atomic E-state index is -0.641. The highest BCUT2D eigenvalue weighted by Gasteiger charge is 2.19. The lowest BCUT2D eigenvalue weighted by molar-refractivity contribution is 0.531. The van der Waals surface area contributed by atoms with E-state index in [4.69, 9.17) is 28.9 Å². The van der Waals surface area contributed by atoms with Crippen molar-refractivity contribution in [1.29, 1.82) is 0 Å². The molecule has 0 amide bonds. The fourth-order valence-electron chi connectivity index (χ4n) is 1.86. The average molecular weight is 375 g/mol. The molecule has 6 heteroatoms. The highest BCUT2D eigenvalue weighted by atomic mass is 79.9. The van der Waals surface area contributed by atoms with E-state index in [-0.39, 0.29) is 0 Å². The summed E-state index contributed by atoms with van der Waals surface area (Å²) in [6, 6.07) is 9.28. The van der Waals surface area contributed by atoms with E-state index in [1.165, 1.54) is 0 Å². The standard InChI is InChI=1S/C14H14BrCl2N3/c1-14(18,20-13-5-3-10(15)8-19-13)7-9-2-4-11(16)12(17)6-9/h2-6,8H,7,18H2,1H3,(H,19,20). The second-order valence-electron chi connectivity index (χ2n) is 4.83. The molecule has 20 heavy (non-hydrogen) atoms. The van der Waals surface area contributed by atoms with Crippen LogP contribution in [0, 0.1) is 0 Å². The summed E-state index contributed by atoms with van der Waals surface area (Å²) in [6.07, 6.45) is 2.32. The van der Waals surface area contributed by atoms with Gasteiger partial charge in [-0.25, -0.2) is 4.98 Å². The first-order valence-electron chi connectivity index (χ1n) is 5.98. The number of nitrogens with one attached hydrogen (secondary N) is 1. The van der Waals surface area contributed by atoms with Gasteiger partial charge in [0.25, 0.3) is 0 Å². The second-order valence-corrected chi connectivity index (χ2v) is 6.56. The Labute approximate surface area is 136 Å². The maximum Gasteiger partial charge on any atom is 0.127 e. The smallest absolute Gasteiger partial charge is 0.127 e. The van der Waals surface area contributed by atoms with E-state index in [9.17, 15) is 0 Å². The summed E-state index contributed by atoms with van der Waals surface area (Å²) < 4.78 is 0.922. The molecule has 1 aromatic heterocycles. The number of pyridine rings is 1. The van der Waals surface area contributed by atoms with Crippen molar-refractivity contribution in [3.05, 3.63) is 56.6 Å². The predicted molar refractivity (Wildman–Crippen MR) is 88.3 cm³/mol. The molecule has 0 aliphatic rings. The Morgan fingerprint density at radius 2 is 2.00 bits per heavy atom. The van der Waals surface area contributed by atoms with Gasteiger partial charge < -0.3 is 11.1 Å². The minimum absolute atomic E-state index is 0.529. The van der Waals surface area contributed by atoms with Crippen LogP contribution in [0.3, 0.4) is 0 Å². The second kappa shape index (κ2) is 6.31. The summed E-state index contributed by atoms with van der Waals surface area (Å²) in [5, 5.41) is 4.27. The summed E-state index contributed by atoms with van der Waals surface area (Å²) in [6.45, 7) is 1.90. The van der Waals surface area contributed by atoms with Gasteiger partial charge in [0.05, 0.1) is 15.7 Å². The predicted octanol–water partition coefficient (Wildman–Crippen LogP) is 4.48. The van der Waals surface area contributed by atoms with Gasteiger partial charge in [0.15, 0.2) is 0 Å². The third kappa shape index (κ3) is 4.35. The van der Waals surface area contributed by atoms with Gasteiger partial charge in [-0.2, -0.15) is 0 Å². The molecular weight excluding hydrogens is 361 g/mol. The summed E-state index contributed by atoms with van der Waals surface area (Å²) in [5.41, 5.74) is 6.64. The number of nitrogens with zero attached hydrogens (tertiary/aromatic N) is 1. The third-order valence-corrected chi connectivity index (χ3v) is 3.90. The first-order valence-corrected chi connectivity index (χ1v) is 7.53. The van der Waals surface area contributed by atoms with E-state index in [1.807, 2.05) is 31.2 Å². The number of nitrogens with two attached hydrogens (primary N) is 1. The number of hydrogen-bond donors (Lipinski definition) is 2. The molecule has 2 rings (SSSR count). The van der Waals surface area contributed by atoms with E-state index >= 15 is 0 Å². The van der Waals surface area contributed by atoms with Crippen LogP contribution in [0.1, 0.15) is 12.5 Å². The maximum absolute atomic E-state index is 6.27. The first kappa shape index (κ1) is 15.6. The fraction of sp³-hybridized carbons (Fsp3) is 0.214. The van der Waals surface area contributed by atoms with Gasteiger partial charge in [-0.15, -0.1) is 0 Å². The summed E-state index contributed by atoms with van der Waals surface area (Å²) in [4.78, 5) is 4.25. The van der Waals surface area contributed by atoms with Crippen molar-refractivity contribution < 1.29 is 0 Å². The third-order valence-electron chi connectivity index (χ3n) is 2.70. The quantitative estimate of drug-likeness (QED) is 0.775. The molecule has 0 aliphatic carbocycles. The first-order chi connectivity index (χ1) is 9.35. The molecule has 0 bridgehead atoms. The van der Waals surface area contributed by atoms with Crippen LogP contribution in [0.2, 0.25) is 10.0 Å².